The minimum absolute atomic E-state index is 0.802. The summed E-state index contributed by atoms with van der Waals surface area (Å²) >= 11 is 6.24. The van der Waals surface area contributed by atoms with Gasteiger partial charge in [-0.2, -0.15) is 0 Å². The van der Waals surface area contributed by atoms with Crippen LogP contribution in [0.1, 0.15) is 36.1 Å². The van der Waals surface area contributed by atoms with E-state index in [1.54, 1.807) is 0 Å². The van der Waals surface area contributed by atoms with Gasteiger partial charge in [-0.15, -0.1) is 0 Å². The summed E-state index contributed by atoms with van der Waals surface area (Å²) < 4.78 is 0. The topological polar surface area (TPSA) is 24.9 Å². The number of aryl methyl sites for hydroxylation is 2. The molecule has 2 aromatic rings. The Kier molecular flexibility index (Phi) is 3.36. The van der Waals surface area contributed by atoms with Crippen molar-refractivity contribution in [3.63, 3.8) is 0 Å². The van der Waals surface area contributed by atoms with Crippen LogP contribution in [-0.4, -0.2) is 12.0 Å². The van der Waals surface area contributed by atoms with Gasteiger partial charge < -0.3 is 5.32 Å². The Hall–Kier alpha value is -1.28. The predicted octanol–water partition coefficient (Wildman–Crippen LogP) is 4.51. The van der Waals surface area contributed by atoms with E-state index in [1.165, 1.54) is 41.6 Å². The van der Waals surface area contributed by atoms with Gasteiger partial charge in [0, 0.05) is 28.8 Å². The molecule has 0 amide bonds. The molecule has 100 valence electrons. The van der Waals surface area contributed by atoms with Crippen LogP contribution in [0.25, 0.3) is 10.9 Å². The Labute approximate surface area is 119 Å². The van der Waals surface area contributed by atoms with Gasteiger partial charge in [0.1, 0.15) is 0 Å². The van der Waals surface area contributed by atoms with Gasteiger partial charge in [-0.1, -0.05) is 18.0 Å². The van der Waals surface area contributed by atoms with Crippen LogP contribution in [0.15, 0.2) is 12.1 Å². The van der Waals surface area contributed by atoms with Crippen molar-refractivity contribution in [2.45, 2.75) is 39.0 Å². The molecule has 0 saturated carbocycles. The van der Waals surface area contributed by atoms with Gasteiger partial charge in [0.2, 0.25) is 0 Å². The normalized spacial score (nSPS) is 15.1. The van der Waals surface area contributed by atoms with Crippen LogP contribution < -0.4 is 5.32 Å². The molecule has 0 aliphatic heterocycles. The number of hydrogen-bond acceptors (Lipinski definition) is 2. The molecule has 3 rings (SSSR count). The Morgan fingerprint density at radius 1 is 1.16 bits per heavy atom. The van der Waals surface area contributed by atoms with Crippen molar-refractivity contribution in [2.24, 2.45) is 0 Å². The number of anilines is 1. The van der Waals surface area contributed by atoms with Crippen molar-refractivity contribution < 1.29 is 0 Å². The third kappa shape index (κ3) is 2.08. The number of nitrogens with zero attached hydrogens (tertiary/aromatic N) is 1. The van der Waals surface area contributed by atoms with Gasteiger partial charge in [0.05, 0.1) is 5.52 Å². The molecule has 0 unspecified atom stereocenters. The lowest BCUT2D eigenvalue weighted by atomic mass is 10.0. The first-order valence-electron chi connectivity index (χ1n) is 7.00. The fourth-order valence-electron chi connectivity index (χ4n) is 3.06. The number of aromatic nitrogens is 1. The molecule has 1 heterocycles. The largest absolute Gasteiger partial charge is 0.387 e. The number of rotatable bonds is 1. The monoisotopic (exact) mass is 274 g/mol. The van der Waals surface area contributed by atoms with Gasteiger partial charge in [0.15, 0.2) is 0 Å². The number of halogens is 1. The number of pyridine rings is 1. The van der Waals surface area contributed by atoms with Gasteiger partial charge in [-0.25, -0.2) is 0 Å². The summed E-state index contributed by atoms with van der Waals surface area (Å²) in [6, 6.07) is 4.07. The van der Waals surface area contributed by atoms with E-state index >= 15 is 0 Å². The van der Waals surface area contributed by atoms with Crippen LogP contribution in [0.3, 0.4) is 0 Å². The summed E-state index contributed by atoms with van der Waals surface area (Å²) in [5.74, 6) is 0. The summed E-state index contributed by atoms with van der Waals surface area (Å²) in [4.78, 5) is 4.92. The standard InChI is InChI=1S/C16H19ClN2/c1-10-13(17)9-8-12-15(10)19-14-7-5-3-4-6-11(14)16(12)18-2/h8-9H,3-7H2,1-2H3,(H,18,19). The minimum atomic E-state index is 0.802. The number of hydrogen-bond donors (Lipinski definition) is 1. The maximum Gasteiger partial charge on any atom is 0.0770 e. The second-order valence-electron chi connectivity index (χ2n) is 5.29. The molecule has 0 spiro atoms. The molecule has 0 bridgehead atoms. The highest BCUT2D eigenvalue weighted by Gasteiger charge is 2.17. The molecule has 1 aromatic heterocycles. The molecule has 19 heavy (non-hydrogen) atoms. The van der Waals surface area contributed by atoms with E-state index in [0.29, 0.717) is 0 Å². The number of benzene rings is 1. The van der Waals surface area contributed by atoms with E-state index in [-0.39, 0.29) is 0 Å². The second kappa shape index (κ2) is 5.01. The highest BCUT2D eigenvalue weighted by molar-refractivity contribution is 6.32. The lowest BCUT2D eigenvalue weighted by molar-refractivity contribution is 0.709. The van der Waals surface area contributed by atoms with Crippen molar-refractivity contribution in [1.82, 2.24) is 4.98 Å². The molecular formula is C16H19ClN2. The van der Waals surface area contributed by atoms with Crippen molar-refractivity contribution in [1.29, 1.82) is 0 Å². The molecule has 1 aliphatic rings. The van der Waals surface area contributed by atoms with Crippen LogP contribution >= 0.6 is 11.6 Å². The Morgan fingerprint density at radius 3 is 2.74 bits per heavy atom. The van der Waals surface area contributed by atoms with Crippen LogP contribution in [0.4, 0.5) is 5.69 Å². The van der Waals surface area contributed by atoms with E-state index in [1.807, 2.05) is 13.1 Å². The van der Waals surface area contributed by atoms with Crippen molar-refractivity contribution in [3.05, 3.63) is 34.0 Å². The van der Waals surface area contributed by atoms with Crippen LogP contribution in [-0.2, 0) is 12.8 Å². The number of nitrogens with one attached hydrogen (secondary N) is 1. The second-order valence-corrected chi connectivity index (χ2v) is 5.70. The van der Waals surface area contributed by atoms with E-state index in [2.05, 4.69) is 18.3 Å². The molecule has 0 atom stereocenters. The Bertz CT molecular complexity index is 634. The van der Waals surface area contributed by atoms with Crippen LogP contribution in [0, 0.1) is 6.92 Å². The maximum absolute atomic E-state index is 6.24. The molecule has 2 nitrogen and oxygen atoms in total. The summed E-state index contributed by atoms with van der Waals surface area (Å²) in [6.07, 6.45) is 6.04. The lowest BCUT2D eigenvalue weighted by Crippen LogP contribution is -2.04. The highest BCUT2D eigenvalue weighted by atomic mass is 35.5. The third-order valence-corrected chi connectivity index (χ3v) is 4.53. The summed E-state index contributed by atoms with van der Waals surface area (Å²) in [7, 11) is 2.00. The van der Waals surface area contributed by atoms with Crippen LogP contribution in [0.2, 0.25) is 5.02 Å². The van der Waals surface area contributed by atoms with E-state index in [9.17, 15) is 0 Å². The molecule has 0 radical (unpaired) electrons. The zero-order valence-electron chi connectivity index (χ0n) is 11.5. The average Bonchev–Trinajstić information content (AvgIpc) is 2.66. The smallest absolute Gasteiger partial charge is 0.0770 e. The maximum atomic E-state index is 6.24. The van der Waals surface area contributed by atoms with Crippen molar-refractivity contribution >= 4 is 28.2 Å². The molecule has 3 heteroatoms. The number of fused-ring (bicyclic) bond motifs is 2. The quantitative estimate of drug-likeness (QED) is 0.774. The van der Waals surface area contributed by atoms with Gasteiger partial charge >= 0.3 is 0 Å². The van der Waals surface area contributed by atoms with Gasteiger partial charge in [0.25, 0.3) is 0 Å². The fourth-order valence-corrected chi connectivity index (χ4v) is 3.22. The van der Waals surface area contributed by atoms with E-state index in [4.69, 9.17) is 16.6 Å². The first-order valence-corrected chi connectivity index (χ1v) is 7.38. The third-order valence-electron chi connectivity index (χ3n) is 4.12. The van der Waals surface area contributed by atoms with E-state index < -0.39 is 0 Å². The first-order chi connectivity index (χ1) is 9.22. The molecule has 1 aliphatic carbocycles. The molecule has 0 fully saturated rings. The fraction of sp³-hybridized carbons (Fsp3) is 0.438. The highest BCUT2D eigenvalue weighted by Crippen LogP contribution is 2.35. The summed E-state index contributed by atoms with van der Waals surface area (Å²) in [6.45, 7) is 2.06. The first kappa shape index (κ1) is 12.7. The molecular weight excluding hydrogens is 256 g/mol. The molecule has 1 aromatic carbocycles. The summed E-state index contributed by atoms with van der Waals surface area (Å²) in [5, 5.41) is 5.39. The Morgan fingerprint density at radius 2 is 1.95 bits per heavy atom. The van der Waals surface area contributed by atoms with Crippen molar-refractivity contribution in [2.75, 3.05) is 12.4 Å². The van der Waals surface area contributed by atoms with Gasteiger partial charge in [-0.05, 0) is 55.9 Å². The zero-order chi connectivity index (χ0) is 13.4. The predicted molar refractivity (Wildman–Crippen MR) is 82.3 cm³/mol. The zero-order valence-corrected chi connectivity index (χ0v) is 12.3. The average molecular weight is 275 g/mol. The van der Waals surface area contributed by atoms with Crippen LogP contribution in [0.5, 0.6) is 0 Å². The van der Waals surface area contributed by atoms with Gasteiger partial charge in [-0.3, -0.25) is 4.98 Å². The molecule has 0 saturated heterocycles. The SMILES string of the molecule is CNc1c2c(nc3c(C)c(Cl)ccc13)CCCCC2. The Balaban J connectivity index is 2.36. The lowest BCUT2D eigenvalue weighted by Gasteiger charge is -2.16. The van der Waals surface area contributed by atoms with E-state index in [0.717, 1.165) is 28.9 Å². The molecule has 1 N–H and O–H groups in total. The summed E-state index contributed by atoms with van der Waals surface area (Å²) in [5.41, 5.74) is 6.07. The minimum Gasteiger partial charge on any atom is -0.387 e. The van der Waals surface area contributed by atoms with Crippen molar-refractivity contribution in [3.8, 4) is 0 Å².